The van der Waals surface area contributed by atoms with E-state index in [2.05, 4.69) is 0 Å². The van der Waals surface area contributed by atoms with Gasteiger partial charge in [-0.2, -0.15) is 13.2 Å². The van der Waals surface area contributed by atoms with Crippen LogP contribution < -0.4 is 0 Å². The summed E-state index contributed by atoms with van der Waals surface area (Å²) in [6.45, 7) is 2.68. The van der Waals surface area contributed by atoms with Gasteiger partial charge < -0.3 is 4.74 Å². The van der Waals surface area contributed by atoms with Gasteiger partial charge in [0, 0.05) is 5.56 Å². The minimum atomic E-state index is -4.78. The highest BCUT2D eigenvalue weighted by Gasteiger charge is 2.62. The van der Waals surface area contributed by atoms with Crippen LogP contribution in [-0.4, -0.2) is 12.1 Å². The predicted octanol–water partition coefficient (Wildman–Crippen LogP) is 5.55. The lowest BCUT2D eigenvalue weighted by molar-refractivity contribution is -0.147. The van der Waals surface area contributed by atoms with Crippen LogP contribution in [0.15, 0.2) is 11.1 Å². The van der Waals surface area contributed by atoms with Crippen molar-refractivity contribution in [2.24, 2.45) is 17.3 Å². The summed E-state index contributed by atoms with van der Waals surface area (Å²) in [4.78, 5) is 12.1. The molecule has 1 aliphatic carbocycles. The van der Waals surface area contributed by atoms with Crippen LogP contribution in [-0.2, 0) is 16.1 Å². The first-order valence-electron chi connectivity index (χ1n) is 7.63. The molecular weight excluding hydrogens is 405 g/mol. The second-order valence-corrected chi connectivity index (χ2v) is 7.21. The molecule has 150 valence electrons. The van der Waals surface area contributed by atoms with Gasteiger partial charge in [0.25, 0.3) is 0 Å². The Hall–Kier alpha value is -1.77. The van der Waals surface area contributed by atoms with Crippen molar-refractivity contribution in [1.82, 2.24) is 0 Å². The summed E-state index contributed by atoms with van der Waals surface area (Å²) < 4.78 is 96.8. The predicted molar refractivity (Wildman–Crippen MR) is 81.6 cm³/mol. The number of carbonyl (C=O) groups excluding carboxylic acids is 1. The second kappa shape index (κ2) is 7.00. The van der Waals surface area contributed by atoms with E-state index >= 15 is 0 Å². The molecule has 1 fully saturated rings. The molecule has 0 aliphatic heterocycles. The first-order valence-corrected chi connectivity index (χ1v) is 8.01. The van der Waals surface area contributed by atoms with Gasteiger partial charge in [-0.15, -0.1) is 0 Å². The van der Waals surface area contributed by atoms with Crippen molar-refractivity contribution in [3.8, 4) is 0 Å². The molecule has 0 amide bonds. The quantitative estimate of drug-likeness (QED) is 0.364. The van der Waals surface area contributed by atoms with Crippen LogP contribution in [0.3, 0.4) is 0 Å². The summed E-state index contributed by atoms with van der Waals surface area (Å²) >= 11 is 5.15. The zero-order valence-electron chi connectivity index (χ0n) is 14.3. The average molecular weight is 419 g/mol. The molecule has 2 nitrogen and oxygen atoms in total. The van der Waals surface area contributed by atoms with Gasteiger partial charge in [-0.25, -0.2) is 17.6 Å². The minimum absolute atomic E-state index is 0.667. The lowest BCUT2D eigenvalue weighted by Crippen LogP contribution is -2.14. The third kappa shape index (κ3) is 3.93. The molecule has 0 radical (unpaired) electrons. The zero-order valence-corrected chi connectivity index (χ0v) is 15.0. The van der Waals surface area contributed by atoms with Gasteiger partial charge in [0.15, 0.2) is 23.3 Å². The molecule has 2 atom stereocenters. The number of alkyl halides is 3. The molecule has 0 N–H and O–H groups in total. The van der Waals surface area contributed by atoms with E-state index in [1.165, 1.54) is 13.8 Å². The van der Waals surface area contributed by atoms with E-state index < -0.39 is 75.4 Å². The van der Waals surface area contributed by atoms with Crippen LogP contribution in [0.25, 0.3) is 0 Å². The second-order valence-electron chi connectivity index (χ2n) is 6.80. The molecule has 0 bridgehead atoms. The van der Waals surface area contributed by atoms with E-state index in [0.29, 0.717) is 6.08 Å². The van der Waals surface area contributed by atoms with Gasteiger partial charge in [-0.05, 0) is 18.3 Å². The third-order valence-corrected chi connectivity index (χ3v) is 5.03. The van der Waals surface area contributed by atoms with Crippen LogP contribution in [0.5, 0.6) is 0 Å². The lowest BCUT2D eigenvalue weighted by atomic mass is 10.1. The maximum atomic E-state index is 13.8. The van der Waals surface area contributed by atoms with Crippen LogP contribution in [0.1, 0.15) is 25.0 Å². The number of hydrogen-bond donors (Lipinski definition) is 0. The van der Waals surface area contributed by atoms with Gasteiger partial charge in [-0.1, -0.05) is 31.5 Å². The Morgan fingerprint density at radius 2 is 1.59 bits per heavy atom. The van der Waals surface area contributed by atoms with Crippen molar-refractivity contribution in [1.29, 1.82) is 0 Å². The maximum Gasteiger partial charge on any atom is 0.426 e. The smallest absolute Gasteiger partial charge is 0.426 e. The molecule has 0 unspecified atom stereocenters. The number of hydrogen-bond acceptors (Lipinski definition) is 2. The SMILES string of the molecule is Cc1c(F)c(F)c(COC(=O)[C@@H]2[C@@H](C=C(Cl)C(F)(F)F)C2(C)C)c(F)c1F. The normalized spacial score (nSPS) is 22.0. The number of halogens is 8. The Morgan fingerprint density at radius 1 is 1.11 bits per heavy atom. The van der Waals surface area contributed by atoms with E-state index in [1.807, 2.05) is 0 Å². The highest BCUT2D eigenvalue weighted by Crippen LogP contribution is 2.60. The van der Waals surface area contributed by atoms with Crippen molar-refractivity contribution in [3.63, 3.8) is 0 Å². The van der Waals surface area contributed by atoms with Crippen molar-refractivity contribution >= 4 is 17.6 Å². The molecule has 2 rings (SSSR count). The summed E-state index contributed by atoms with van der Waals surface area (Å²) in [6.07, 6.45) is -4.11. The van der Waals surface area contributed by atoms with E-state index in [1.54, 1.807) is 0 Å². The highest BCUT2D eigenvalue weighted by molar-refractivity contribution is 6.30. The van der Waals surface area contributed by atoms with Gasteiger partial charge in [-0.3, -0.25) is 4.79 Å². The fraction of sp³-hybridized carbons (Fsp3) is 0.471. The molecule has 10 heteroatoms. The molecule has 0 saturated heterocycles. The van der Waals surface area contributed by atoms with Gasteiger partial charge in [0.05, 0.1) is 11.5 Å². The van der Waals surface area contributed by atoms with Crippen LogP contribution in [0.2, 0.25) is 0 Å². The molecule has 0 spiro atoms. The van der Waals surface area contributed by atoms with Crippen molar-refractivity contribution in [2.75, 3.05) is 0 Å². The number of rotatable bonds is 4. The Labute approximate surface area is 154 Å². The van der Waals surface area contributed by atoms with Gasteiger partial charge in [0.2, 0.25) is 0 Å². The van der Waals surface area contributed by atoms with E-state index in [-0.39, 0.29) is 0 Å². The third-order valence-electron chi connectivity index (χ3n) is 4.69. The number of ether oxygens (including phenoxy) is 1. The number of esters is 1. The fourth-order valence-corrected chi connectivity index (χ4v) is 2.97. The topological polar surface area (TPSA) is 26.3 Å². The summed E-state index contributed by atoms with van der Waals surface area (Å²) in [7, 11) is 0. The Morgan fingerprint density at radius 3 is 2.04 bits per heavy atom. The molecule has 1 aromatic carbocycles. The lowest BCUT2D eigenvalue weighted by Gasteiger charge is -2.10. The average Bonchev–Trinajstić information content (AvgIpc) is 3.10. The van der Waals surface area contributed by atoms with E-state index in [0.717, 1.165) is 6.92 Å². The Balaban J connectivity index is 2.16. The maximum absolute atomic E-state index is 13.8. The number of allylic oxidation sites excluding steroid dienone is 2. The van der Waals surface area contributed by atoms with Crippen molar-refractivity contribution < 1.29 is 40.3 Å². The molecule has 27 heavy (non-hydrogen) atoms. The first-order chi connectivity index (χ1) is 12.2. The summed E-state index contributed by atoms with van der Waals surface area (Å²) in [6, 6.07) is 0. The standard InChI is InChI=1S/C17H14ClF7O2/c1-6-11(19)13(21)7(14(22)12(6)20)5-27-15(26)10-8(16(10,2)3)4-9(18)17(23,24)25/h4,8,10H,5H2,1-3H3/t8-,10+/m1/s1. The molecular formula is C17H14ClF7O2. The van der Waals surface area contributed by atoms with Crippen LogP contribution in [0.4, 0.5) is 30.7 Å². The van der Waals surface area contributed by atoms with Crippen molar-refractivity contribution in [3.05, 3.63) is 45.5 Å². The minimum Gasteiger partial charge on any atom is -0.460 e. The van der Waals surface area contributed by atoms with E-state index in [9.17, 15) is 35.5 Å². The summed E-state index contributed by atoms with van der Waals surface area (Å²) in [5, 5.41) is -1.41. The summed E-state index contributed by atoms with van der Waals surface area (Å²) in [5.41, 5.74) is -2.93. The van der Waals surface area contributed by atoms with Crippen LogP contribution >= 0.6 is 11.6 Å². The Bertz CT molecular complexity index is 785. The molecule has 1 aromatic rings. The Kier molecular flexibility index (Phi) is 5.58. The first kappa shape index (κ1) is 21.5. The molecule has 0 heterocycles. The molecule has 0 aromatic heterocycles. The van der Waals surface area contributed by atoms with Gasteiger partial charge in [0.1, 0.15) is 11.6 Å². The fourth-order valence-electron chi connectivity index (χ4n) is 2.84. The highest BCUT2D eigenvalue weighted by atomic mass is 35.5. The zero-order chi connectivity index (χ0) is 20.9. The van der Waals surface area contributed by atoms with Gasteiger partial charge >= 0.3 is 12.1 Å². The van der Waals surface area contributed by atoms with E-state index in [4.69, 9.17) is 16.3 Å². The summed E-state index contributed by atoms with van der Waals surface area (Å²) in [5.74, 6) is -9.68. The molecule has 1 aliphatic rings. The van der Waals surface area contributed by atoms with Crippen molar-refractivity contribution in [2.45, 2.75) is 33.6 Å². The number of benzene rings is 1. The largest absolute Gasteiger partial charge is 0.460 e. The number of carbonyl (C=O) groups is 1. The monoisotopic (exact) mass is 418 g/mol. The molecule has 1 saturated carbocycles. The van der Waals surface area contributed by atoms with Crippen LogP contribution in [0, 0.1) is 47.4 Å².